The number of carbonyl (C=O) groups excluding carboxylic acids is 2. The van der Waals surface area contributed by atoms with Crippen LogP contribution in [0.1, 0.15) is 30.3 Å². The molecule has 2 rings (SSSR count). The van der Waals surface area contributed by atoms with E-state index in [0.717, 1.165) is 0 Å². The largest absolute Gasteiger partial charge is 0.451 e. The molecule has 1 N–H and O–H groups in total. The quantitative estimate of drug-likeness (QED) is 0.796. The molecule has 1 saturated carbocycles. The Kier molecular flexibility index (Phi) is 3.69. The summed E-state index contributed by atoms with van der Waals surface area (Å²) in [6.45, 7) is 1.76. The average molecular weight is 250 g/mol. The predicted octanol–water partition coefficient (Wildman–Crippen LogP) is 1.10. The zero-order chi connectivity index (χ0) is 13.1. The number of ether oxygens (including phenoxy) is 1. The number of rotatable bonds is 5. The van der Waals surface area contributed by atoms with Crippen LogP contribution in [0.4, 0.5) is 0 Å². The first-order valence-electron chi connectivity index (χ1n) is 6.15. The summed E-state index contributed by atoms with van der Waals surface area (Å²) in [5, 5.41) is 2.83. The van der Waals surface area contributed by atoms with E-state index in [1.54, 1.807) is 29.9 Å². The summed E-state index contributed by atoms with van der Waals surface area (Å²) < 4.78 is 6.62. The Hall–Kier alpha value is -1.78. The standard InChI is InChI=1S/C13H18N2O3/c1-9(10-5-6-10)14-12(16)8-18-13(17)11-4-3-7-15(11)2/h3-4,7,9-10H,5-6,8H2,1-2H3,(H,14,16)/t9-/m1/s1. The van der Waals surface area contributed by atoms with Crippen LogP contribution in [-0.4, -0.2) is 29.1 Å². The van der Waals surface area contributed by atoms with Gasteiger partial charge >= 0.3 is 5.97 Å². The number of esters is 1. The smallest absolute Gasteiger partial charge is 0.355 e. The number of carbonyl (C=O) groups is 2. The summed E-state index contributed by atoms with van der Waals surface area (Å²) >= 11 is 0. The van der Waals surface area contributed by atoms with Gasteiger partial charge in [0.05, 0.1) is 0 Å². The molecular weight excluding hydrogens is 232 g/mol. The molecule has 1 aliphatic rings. The van der Waals surface area contributed by atoms with E-state index in [4.69, 9.17) is 4.74 Å². The van der Waals surface area contributed by atoms with Crippen molar-refractivity contribution in [3.05, 3.63) is 24.0 Å². The molecule has 1 heterocycles. The minimum Gasteiger partial charge on any atom is -0.451 e. The van der Waals surface area contributed by atoms with Gasteiger partial charge in [-0.1, -0.05) is 0 Å². The van der Waals surface area contributed by atoms with Crippen LogP contribution in [0.25, 0.3) is 0 Å². The maximum atomic E-state index is 11.6. The van der Waals surface area contributed by atoms with E-state index in [0.29, 0.717) is 11.6 Å². The predicted molar refractivity (Wildman–Crippen MR) is 66.0 cm³/mol. The molecule has 1 aromatic rings. The van der Waals surface area contributed by atoms with E-state index < -0.39 is 5.97 Å². The maximum absolute atomic E-state index is 11.6. The van der Waals surface area contributed by atoms with Gasteiger partial charge in [0.15, 0.2) is 6.61 Å². The first-order chi connectivity index (χ1) is 8.58. The Morgan fingerprint density at radius 2 is 2.28 bits per heavy atom. The maximum Gasteiger partial charge on any atom is 0.355 e. The van der Waals surface area contributed by atoms with E-state index >= 15 is 0 Å². The van der Waals surface area contributed by atoms with Gasteiger partial charge in [0.1, 0.15) is 5.69 Å². The second kappa shape index (κ2) is 5.25. The molecule has 1 aromatic heterocycles. The highest BCUT2D eigenvalue weighted by Gasteiger charge is 2.29. The number of aromatic nitrogens is 1. The number of amides is 1. The molecule has 1 amide bonds. The highest BCUT2D eigenvalue weighted by Crippen LogP contribution is 2.32. The summed E-state index contributed by atoms with van der Waals surface area (Å²) in [6.07, 6.45) is 4.10. The Balaban J connectivity index is 1.75. The van der Waals surface area contributed by atoms with Gasteiger partial charge in [-0.25, -0.2) is 4.79 Å². The summed E-state index contributed by atoms with van der Waals surface area (Å²) in [5.74, 6) is -0.119. The third-order valence-electron chi connectivity index (χ3n) is 3.21. The van der Waals surface area contributed by atoms with Crippen LogP contribution >= 0.6 is 0 Å². The zero-order valence-corrected chi connectivity index (χ0v) is 10.7. The van der Waals surface area contributed by atoms with Gasteiger partial charge in [-0.15, -0.1) is 0 Å². The van der Waals surface area contributed by atoms with Crippen molar-refractivity contribution in [1.82, 2.24) is 9.88 Å². The minimum absolute atomic E-state index is 0.172. The molecule has 0 unspecified atom stereocenters. The van der Waals surface area contributed by atoms with Crippen molar-refractivity contribution in [2.24, 2.45) is 13.0 Å². The SMILES string of the molecule is C[C@@H](NC(=O)COC(=O)c1cccn1C)C1CC1. The van der Waals surface area contributed by atoms with E-state index in [1.807, 2.05) is 6.92 Å². The van der Waals surface area contributed by atoms with Crippen molar-refractivity contribution in [3.8, 4) is 0 Å². The monoisotopic (exact) mass is 250 g/mol. The van der Waals surface area contributed by atoms with E-state index in [-0.39, 0.29) is 18.6 Å². The Labute approximate surface area is 106 Å². The van der Waals surface area contributed by atoms with Gasteiger partial charge in [0.25, 0.3) is 5.91 Å². The molecule has 1 fully saturated rings. The van der Waals surface area contributed by atoms with Gasteiger partial charge in [-0.2, -0.15) is 0 Å². The highest BCUT2D eigenvalue weighted by molar-refractivity contribution is 5.89. The van der Waals surface area contributed by atoms with Gasteiger partial charge in [0.2, 0.25) is 0 Å². The molecule has 98 valence electrons. The fourth-order valence-electron chi connectivity index (χ4n) is 1.89. The van der Waals surface area contributed by atoms with E-state index in [1.165, 1.54) is 12.8 Å². The highest BCUT2D eigenvalue weighted by atomic mass is 16.5. The molecule has 0 aromatic carbocycles. The Bertz CT molecular complexity index is 449. The number of hydrogen-bond donors (Lipinski definition) is 1. The number of hydrogen-bond acceptors (Lipinski definition) is 3. The summed E-state index contributed by atoms with van der Waals surface area (Å²) in [7, 11) is 1.76. The van der Waals surface area contributed by atoms with Crippen LogP contribution < -0.4 is 5.32 Å². The van der Waals surface area contributed by atoms with Crippen LogP contribution in [0.2, 0.25) is 0 Å². The van der Waals surface area contributed by atoms with Gasteiger partial charge in [0, 0.05) is 19.3 Å². The lowest BCUT2D eigenvalue weighted by Crippen LogP contribution is -2.37. The molecule has 0 spiro atoms. The van der Waals surface area contributed by atoms with Crippen LogP contribution in [-0.2, 0) is 16.6 Å². The topological polar surface area (TPSA) is 60.3 Å². The fraction of sp³-hybridized carbons (Fsp3) is 0.538. The van der Waals surface area contributed by atoms with E-state index in [9.17, 15) is 9.59 Å². The van der Waals surface area contributed by atoms with Gasteiger partial charge < -0.3 is 14.6 Å². The minimum atomic E-state index is -0.475. The summed E-state index contributed by atoms with van der Waals surface area (Å²) in [4.78, 5) is 23.2. The Morgan fingerprint density at radius 3 is 2.83 bits per heavy atom. The van der Waals surface area contributed by atoms with Crippen molar-refractivity contribution in [3.63, 3.8) is 0 Å². The Morgan fingerprint density at radius 1 is 1.56 bits per heavy atom. The summed E-state index contributed by atoms with van der Waals surface area (Å²) in [5.41, 5.74) is 0.443. The van der Waals surface area contributed by atoms with Crippen LogP contribution in [0.3, 0.4) is 0 Å². The average Bonchev–Trinajstić information content (AvgIpc) is 3.09. The van der Waals surface area contributed by atoms with Crippen molar-refractivity contribution < 1.29 is 14.3 Å². The molecule has 5 heteroatoms. The molecule has 0 bridgehead atoms. The fourth-order valence-corrected chi connectivity index (χ4v) is 1.89. The molecule has 0 saturated heterocycles. The second-order valence-electron chi connectivity index (χ2n) is 4.77. The second-order valence-corrected chi connectivity index (χ2v) is 4.77. The van der Waals surface area contributed by atoms with Crippen LogP contribution in [0, 0.1) is 5.92 Å². The van der Waals surface area contributed by atoms with Crippen LogP contribution in [0.5, 0.6) is 0 Å². The molecular formula is C13H18N2O3. The third-order valence-corrected chi connectivity index (χ3v) is 3.21. The number of nitrogens with zero attached hydrogens (tertiary/aromatic N) is 1. The first kappa shape index (κ1) is 12.7. The zero-order valence-electron chi connectivity index (χ0n) is 10.7. The molecule has 1 atom stereocenters. The molecule has 1 aliphatic carbocycles. The van der Waals surface area contributed by atoms with E-state index in [2.05, 4.69) is 5.32 Å². The normalized spacial score (nSPS) is 16.1. The summed E-state index contributed by atoms with van der Waals surface area (Å²) in [6, 6.07) is 3.59. The third kappa shape index (κ3) is 3.12. The van der Waals surface area contributed by atoms with Gasteiger partial charge in [-0.3, -0.25) is 4.79 Å². The number of aryl methyl sites for hydroxylation is 1. The molecule has 18 heavy (non-hydrogen) atoms. The van der Waals surface area contributed by atoms with Gasteiger partial charge in [-0.05, 0) is 37.8 Å². The van der Waals surface area contributed by atoms with Crippen molar-refractivity contribution in [2.75, 3.05) is 6.61 Å². The lowest BCUT2D eigenvalue weighted by atomic mass is 10.2. The van der Waals surface area contributed by atoms with Crippen molar-refractivity contribution >= 4 is 11.9 Å². The number of nitrogens with one attached hydrogen (secondary N) is 1. The lowest BCUT2D eigenvalue weighted by molar-refractivity contribution is -0.125. The molecule has 5 nitrogen and oxygen atoms in total. The lowest BCUT2D eigenvalue weighted by Gasteiger charge is -2.12. The molecule has 0 aliphatic heterocycles. The van der Waals surface area contributed by atoms with Crippen LogP contribution in [0.15, 0.2) is 18.3 Å². The first-order valence-corrected chi connectivity index (χ1v) is 6.15. The molecule has 0 radical (unpaired) electrons. The van der Waals surface area contributed by atoms with Crippen molar-refractivity contribution in [1.29, 1.82) is 0 Å². The van der Waals surface area contributed by atoms with Crippen molar-refractivity contribution in [2.45, 2.75) is 25.8 Å².